The number of aromatic amines is 1. The molecule has 0 atom stereocenters. The monoisotopic (exact) mass is 488 g/mol. The number of nitrogens with one attached hydrogen (secondary N) is 1. The fraction of sp³-hybridized carbons (Fsp3) is 0.118. The van der Waals surface area contributed by atoms with Crippen molar-refractivity contribution in [1.29, 1.82) is 0 Å². The van der Waals surface area contributed by atoms with Gasteiger partial charge in [-0.25, -0.2) is 4.68 Å². The van der Waals surface area contributed by atoms with Crippen molar-refractivity contribution >= 4 is 79.4 Å². The summed E-state index contributed by atoms with van der Waals surface area (Å²) in [4.78, 5) is 11.1. The maximum atomic E-state index is 12.5. The van der Waals surface area contributed by atoms with Gasteiger partial charge in [0.05, 0.1) is 22.9 Å². The summed E-state index contributed by atoms with van der Waals surface area (Å²) in [6.07, 6.45) is 0. The Labute approximate surface area is 222 Å². The van der Waals surface area contributed by atoms with E-state index in [4.69, 9.17) is 4.74 Å². The SMILES string of the molecule is CCOc1ccccc1-c1cc(=O)n(-c2cc(S(=O)(=O)O)ccc2S(=O)(=O)O)[nH]1.[NaH].[NaH]. The van der Waals surface area contributed by atoms with Crippen LogP contribution in [0.4, 0.5) is 0 Å². The Balaban J connectivity index is 0.00000240. The van der Waals surface area contributed by atoms with E-state index in [-0.39, 0.29) is 64.8 Å². The predicted octanol–water partition coefficient (Wildman–Crippen LogP) is 0.428. The average molecular weight is 488 g/mol. The van der Waals surface area contributed by atoms with Crippen LogP contribution < -0.4 is 10.3 Å². The molecule has 3 aromatic rings. The summed E-state index contributed by atoms with van der Waals surface area (Å²) in [5.74, 6) is 0.463. The zero-order valence-electron chi connectivity index (χ0n) is 14.9. The normalized spacial score (nSPS) is 11.3. The molecule has 0 aliphatic carbocycles. The fourth-order valence-electron chi connectivity index (χ4n) is 2.73. The molecule has 0 unspecified atom stereocenters. The number of ether oxygens (including phenoxy) is 1. The number of benzene rings is 2. The summed E-state index contributed by atoms with van der Waals surface area (Å²) < 4.78 is 71.3. The molecule has 3 N–H and O–H groups in total. The molecule has 0 fully saturated rings. The van der Waals surface area contributed by atoms with E-state index >= 15 is 0 Å². The number of aromatic nitrogens is 2. The van der Waals surface area contributed by atoms with Crippen molar-refractivity contribution in [2.24, 2.45) is 0 Å². The molecule has 0 radical (unpaired) electrons. The Bertz CT molecular complexity index is 1350. The minimum atomic E-state index is -4.81. The molecule has 0 bridgehead atoms. The van der Waals surface area contributed by atoms with Crippen LogP contribution in [0, 0.1) is 0 Å². The Morgan fingerprint density at radius 2 is 1.61 bits per heavy atom. The zero-order chi connectivity index (χ0) is 21.4. The molecule has 3 rings (SSSR count). The molecule has 0 aliphatic rings. The zero-order valence-corrected chi connectivity index (χ0v) is 16.6. The van der Waals surface area contributed by atoms with Crippen LogP contribution in [-0.2, 0) is 20.2 Å². The molecule has 0 amide bonds. The van der Waals surface area contributed by atoms with Crippen LogP contribution in [0.2, 0.25) is 0 Å². The second-order valence-electron chi connectivity index (χ2n) is 5.85. The molecule has 0 saturated heterocycles. The molecule has 0 spiro atoms. The number of hydrogen-bond donors (Lipinski definition) is 3. The molecule has 14 heteroatoms. The summed E-state index contributed by atoms with van der Waals surface area (Å²) in [7, 11) is -9.51. The van der Waals surface area contributed by atoms with Gasteiger partial charge in [0.15, 0.2) is 0 Å². The van der Waals surface area contributed by atoms with Crippen molar-refractivity contribution in [3.63, 3.8) is 0 Å². The van der Waals surface area contributed by atoms with Gasteiger partial charge in [-0.1, -0.05) is 12.1 Å². The van der Waals surface area contributed by atoms with E-state index in [0.717, 1.165) is 28.9 Å². The van der Waals surface area contributed by atoms with Crippen molar-refractivity contribution in [2.45, 2.75) is 16.7 Å². The van der Waals surface area contributed by atoms with Crippen molar-refractivity contribution in [3.05, 3.63) is 58.9 Å². The molecule has 0 saturated carbocycles. The molecule has 1 aromatic heterocycles. The first kappa shape index (κ1) is 28.1. The van der Waals surface area contributed by atoms with Gasteiger partial charge in [0.1, 0.15) is 10.6 Å². The molecule has 158 valence electrons. The molecular weight excluding hydrogens is 470 g/mol. The fourth-order valence-corrected chi connectivity index (χ4v) is 3.89. The van der Waals surface area contributed by atoms with E-state index in [1.165, 1.54) is 0 Å². The van der Waals surface area contributed by atoms with Crippen LogP contribution >= 0.6 is 0 Å². The Morgan fingerprint density at radius 3 is 2.19 bits per heavy atom. The van der Waals surface area contributed by atoms with Crippen LogP contribution in [0.3, 0.4) is 0 Å². The first-order chi connectivity index (χ1) is 13.5. The van der Waals surface area contributed by atoms with E-state index in [9.17, 15) is 30.7 Å². The van der Waals surface area contributed by atoms with E-state index < -0.39 is 41.3 Å². The van der Waals surface area contributed by atoms with Gasteiger partial charge in [-0.3, -0.25) is 19.0 Å². The van der Waals surface area contributed by atoms with E-state index in [1.807, 2.05) is 0 Å². The minimum absolute atomic E-state index is 0. The summed E-state index contributed by atoms with van der Waals surface area (Å²) in [6, 6.07) is 10.3. The molecule has 2 aromatic carbocycles. The number of hydrogen-bond acceptors (Lipinski definition) is 6. The summed E-state index contributed by atoms with van der Waals surface area (Å²) in [6.45, 7) is 2.15. The maximum absolute atomic E-state index is 12.5. The average Bonchev–Trinajstić information content (AvgIpc) is 3.02. The molecule has 10 nitrogen and oxygen atoms in total. The van der Waals surface area contributed by atoms with Crippen LogP contribution in [0.1, 0.15) is 6.92 Å². The van der Waals surface area contributed by atoms with Gasteiger partial charge in [0.2, 0.25) is 0 Å². The van der Waals surface area contributed by atoms with Crippen molar-refractivity contribution in [1.82, 2.24) is 9.78 Å². The summed E-state index contributed by atoms with van der Waals surface area (Å²) in [5.41, 5.74) is -0.446. The predicted molar refractivity (Wildman–Crippen MR) is 117 cm³/mol. The molecule has 31 heavy (non-hydrogen) atoms. The van der Waals surface area contributed by atoms with Gasteiger partial charge in [-0.15, -0.1) is 0 Å². The van der Waals surface area contributed by atoms with Gasteiger partial charge in [0.25, 0.3) is 25.8 Å². The van der Waals surface area contributed by atoms with Gasteiger partial charge < -0.3 is 4.74 Å². The molecule has 1 heterocycles. The quantitative estimate of drug-likeness (QED) is 0.333. The van der Waals surface area contributed by atoms with Crippen LogP contribution in [0.15, 0.2) is 63.1 Å². The third-order valence-corrected chi connectivity index (χ3v) is 5.70. The van der Waals surface area contributed by atoms with Crippen LogP contribution in [-0.4, -0.2) is 101 Å². The second-order valence-corrected chi connectivity index (χ2v) is 8.66. The first-order valence-electron chi connectivity index (χ1n) is 8.16. The standard InChI is InChI=1S/C17H16N2O8S2.2Na.2H/c1-2-27-15-6-4-3-5-12(15)13-10-17(20)19(18-13)14-9-11(28(21,22)23)7-8-16(14)29(24,25)26;;;;/h3-10,18H,2H2,1H3,(H,21,22,23)(H,24,25,26);;;;. The number of nitrogens with zero attached hydrogens (tertiary/aromatic N) is 1. The van der Waals surface area contributed by atoms with E-state index in [1.54, 1.807) is 31.2 Å². The van der Waals surface area contributed by atoms with Gasteiger partial charge in [0, 0.05) is 11.6 Å². The number of rotatable bonds is 6. The van der Waals surface area contributed by atoms with Crippen LogP contribution in [0.5, 0.6) is 5.75 Å². The Kier molecular flexibility index (Phi) is 9.78. The molecular formula is C17H18N2Na2O8S2. The Hall–Kier alpha value is -0.930. The van der Waals surface area contributed by atoms with Gasteiger partial charge in [-0.05, 0) is 37.3 Å². The van der Waals surface area contributed by atoms with Gasteiger partial charge in [-0.2, -0.15) is 16.8 Å². The van der Waals surface area contributed by atoms with Gasteiger partial charge >= 0.3 is 59.1 Å². The number of H-pyrrole nitrogens is 1. The topological polar surface area (TPSA) is 156 Å². The summed E-state index contributed by atoms with van der Waals surface area (Å²) >= 11 is 0. The Morgan fingerprint density at radius 1 is 0.968 bits per heavy atom. The van der Waals surface area contributed by atoms with Crippen molar-refractivity contribution in [3.8, 4) is 22.7 Å². The van der Waals surface area contributed by atoms with E-state index in [0.29, 0.717) is 17.9 Å². The molecule has 0 aliphatic heterocycles. The van der Waals surface area contributed by atoms with Crippen LogP contribution in [0.25, 0.3) is 16.9 Å². The number of para-hydroxylation sites is 1. The van der Waals surface area contributed by atoms with Crippen molar-refractivity contribution < 1.29 is 30.7 Å². The van der Waals surface area contributed by atoms with Crippen molar-refractivity contribution in [2.75, 3.05) is 6.61 Å². The van der Waals surface area contributed by atoms with E-state index in [2.05, 4.69) is 5.10 Å². The second kappa shape index (κ2) is 10.8. The summed E-state index contributed by atoms with van der Waals surface area (Å²) in [5, 5.41) is 2.68. The third kappa shape index (κ3) is 6.32. The first-order valence-corrected chi connectivity index (χ1v) is 11.0. The third-order valence-electron chi connectivity index (χ3n) is 3.94.